The molecule has 30 heavy (non-hydrogen) atoms. The smallest absolute Gasteiger partial charge is 0.145 e. The number of nitrogens with zero attached hydrogens (tertiary/aromatic N) is 4. The van der Waals surface area contributed by atoms with Crippen LogP contribution >= 0.6 is 0 Å². The lowest BCUT2D eigenvalue weighted by atomic mass is 9.99. The van der Waals surface area contributed by atoms with E-state index in [2.05, 4.69) is 15.0 Å². The third-order valence-corrected chi connectivity index (χ3v) is 5.32. The SMILES string of the molecule is C[C@](O)(CC[C@H](CO)COc1ccc2ccc(N)nc2c1)n1ccc2cncnc21. The van der Waals surface area contributed by atoms with E-state index < -0.39 is 5.72 Å². The van der Waals surface area contributed by atoms with Gasteiger partial charge in [0.15, 0.2) is 0 Å². The maximum atomic E-state index is 11.0. The summed E-state index contributed by atoms with van der Waals surface area (Å²) in [5.41, 5.74) is 6.05. The van der Waals surface area contributed by atoms with Gasteiger partial charge in [-0.25, -0.2) is 15.0 Å². The van der Waals surface area contributed by atoms with Crippen LogP contribution in [-0.4, -0.2) is 42.9 Å². The zero-order valence-corrected chi connectivity index (χ0v) is 16.8. The van der Waals surface area contributed by atoms with Crippen LogP contribution in [0.4, 0.5) is 5.82 Å². The largest absolute Gasteiger partial charge is 0.493 e. The zero-order chi connectivity index (χ0) is 21.1. The average molecular weight is 407 g/mol. The van der Waals surface area contributed by atoms with Gasteiger partial charge in [-0.15, -0.1) is 0 Å². The summed E-state index contributed by atoms with van der Waals surface area (Å²) in [6.07, 6.45) is 5.99. The van der Waals surface area contributed by atoms with Crippen molar-refractivity contribution in [1.29, 1.82) is 0 Å². The minimum atomic E-state index is -1.14. The van der Waals surface area contributed by atoms with Gasteiger partial charge < -0.3 is 25.3 Å². The highest BCUT2D eigenvalue weighted by molar-refractivity contribution is 5.81. The number of aliphatic hydroxyl groups is 2. The van der Waals surface area contributed by atoms with Crippen molar-refractivity contribution < 1.29 is 14.9 Å². The van der Waals surface area contributed by atoms with Gasteiger partial charge in [0.05, 0.1) is 12.1 Å². The van der Waals surface area contributed by atoms with E-state index in [-0.39, 0.29) is 12.5 Å². The number of nitrogen functional groups attached to an aromatic ring is 1. The predicted octanol–water partition coefficient (Wildman–Crippen LogP) is 2.69. The summed E-state index contributed by atoms with van der Waals surface area (Å²) in [5.74, 6) is 0.995. The fourth-order valence-electron chi connectivity index (χ4n) is 3.51. The van der Waals surface area contributed by atoms with E-state index in [4.69, 9.17) is 10.5 Å². The number of hydrogen-bond donors (Lipinski definition) is 3. The van der Waals surface area contributed by atoms with E-state index in [0.717, 1.165) is 16.3 Å². The van der Waals surface area contributed by atoms with Crippen LogP contribution in [0.2, 0.25) is 0 Å². The summed E-state index contributed by atoms with van der Waals surface area (Å²) in [4.78, 5) is 12.6. The van der Waals surface area contributed by atoms with Crippen LogP contribution in [0.1, 0.15) is 19.8 Å². The fraction of sp³-hybridized carbons (Fsp3) is 0.318. The van der Waals surface area contributed by atoms with E-state index in [1.54, 1.807) is 30.0 Å². The number of aliphatic hydroxyl groups excluding tert-OH is 1. The first-order chi connectivity index (χ1) is 14.5. The Morgan fingerprint density at radius 3 is 2.87 bits per heavy atom. The van der Waals surface area contributed by atoms with Crippen molar-refractivity contribution in [3.8, 4) is 5.75 Å². The van der Waals surface area contributed by atoms with Crippen molar-refractivity contribution in [2.24, 2.45) is 5.92 Å². The maximum Gasteiger partial charge on any atom is 0.145 e. The van der Waals surface area contributed by atoms with E-state index in [0.29, 0.717) is 36.7 Å². The molecule has 0 aliphatic carbocycles. The minimum absolute atomic E-state index is 0.0382. The molecule has 8 heteroatoms. The monoisotopic (exact) mass is 407 g/mol. The van der Waals surface area contributed by atoms with E-state index in [9.17, 15) is 10.2 Å². The number of benzene rings is 1. The number of rotatable bonds is 8. The Hall–Kier alpha value is -3.23. The molecule has 3 aromatic heterocycles. The standard InChI is InChI=1S/C22H25N5O3/c1-22(29,27-9-7-17-11-24-14-25-21(17)27)8-6-15(12-28)13-30-18-4-2-16-3-5-20(23)26-19(16)10-18/h2-5,7,9-11,14-15,28-29H,6,8,12-13H2,1H3,(H2,23,26)/t15-,22+/m1/s1. The molecule has 0 unspecified atom stereocenters. The number of aromatic nitrogens is 4. The summed E-state index contributed by atoms with van der Waals surface area (Å²) in [7, 11) is 0. The van der Waals surface area contributed by atoms with E-state index >= 15 is 0 Å². The van der Waals surface area contributed by atoms with Crippen molar-refractivity contribution in [3.63, 3.8) is 0 Å². The van der Waals surface area contributed by atoms with Crippen molar-refractivity contribution in [2.75, 3.05) is 18.9 Å². The highest BCUT2D eigenvalue weighted by Gasteiger charge is 2.26. The first kappa shape index (κ1) is 20.1. The lowest BCUT2D eigenvalue weighted by Gasteiger charge is -2.27. The van der Waals surface area contributed by atoms with Crippen LogP contribution in [-0.2, 0) is 5.72 Å². The molecule has 2 atom stereocenters. The Morgan fingerprint density at radius 1 is 1.20 bits per heavy atom. The molecule has 0 bridgehead atoms. The molecule has 0 fully saturated rings. The van der Waals surface area contributed by atoms with Gasteiger partial charge in [0.1, 0.15) is 29.3 Å². The minimum Gasteiger partial charge on any atom is -0.493 e. The first-order valence-electron chi connectivity index (χ1n) is 9.86. The van der Waals surface area contributed by atoms with Gasteiger partial charge in [-0.1, -0.05) is 0 Å². The molecular weight excluding hydrogens is 382 g/mol. The Balaban J connectivity index is 1.40. The van der Waals surface area contributed by atoms with Gasteiger partial charge in [0, 0.05) is 41.8 Å². The summed E-state index contributed by atoms with van der Waals surface area (Å²) in [6, 6.07) is 11.2. The average Bonchev–Trinajstić information content (AvgIpc) is 3.18. The molecule has 4 N–H and O–H groups in total. The van der Waals surface area contributed by atoms with Crippen molar-refractivity contribution in [1.82, 2.24) is 19.5 Å². The molecule has 0 saturated carbocycles. The summed E-state index contributed by atoms with van der Waals surface area (Å²) >= 11 is 0. The molecule has 8 nitrogen and oxygen atoms in total. The second-order valence-electron chi connectivity index (χ2n) is 7.69. The van der Waals surface area contributed by atoms with Crippen LogP contribution in [0.15, 0.2) is 55.1 Å². The molecular formula is C22H25N5O3. The second-order valence-corrected chi connectivity index (χ2v) is 7.69. The Kier molecular flexibility index (Phi) is 5.52. The molecule has 0 aliphatic heterocycles. The fourth-order valence-corrected chi connectivity index (χ4v) is 3.51. The molecule has 0 spiro atoms. The Morgan fingerprint density at radius 2 is 2.03 bits per heavy atom. The van der Waals surface area contributed by atoms with E-state index in [1.807, 2.05) is 30.3 Å². The normalized spacial score (nSPS) is 14.6. The number of ether oxygens (including phenoxy) is 1. The van der Waals surface area contributed by atoms with Gasteiger partial charge in [-0.2, -0.15) is 0 Å². The van der Waals surface area contributed by atoms with E-state index in [1.165, 1.54) is 6.33 Å². The summed E-state index contributed by atoms with van der Waals surface area (Å²) in [5, 5.41) is 22.6. The molecule has 4 aromatic rings. The van der Waals surface area contributed by atoms with Crippen LogP contribution in [0.25, 0.3) is 21.9 Å². The van der Waals surface area contributed by atoms with Crippen molar-refractivity contribution >= 4 is 27.8 Å². The molecule has 0 aliphatic rings. The van der Waals surface area contributed by atoms with Crippen molar-refractivity contribution in [3.05, 3.63) is 55.1 Å². The van der Waals surface area contributed by atoms with Gasteiger partial charge in [-0.3, -0.25) is 0 Å². The highest BCUT2D eigenvalue weighted by atomic mass is 16.5. The zero-order valence-electron chi connectivity index (χ0n) is 16.8. The van der Waals surface area contributed by atoms with Gasteiger partial charge >= 0.3 is 0 Å². The lowest BCUT2D eigenvalue weighted by Crippen LogP contribution is -2.31. The number of anilines is 1. The van der Waals surface area contributed by atoms with Gasteiger partial charge in [-0.05, 0) is 50.1 Å². The predicted molar refractivity (Wildman–Crippen MR) is 115 cm³/mol. The van der Waals surface area contributed by atoms with Crippen molar-refractivity contribution in [2.45, 2.75) is 25.5 Å². The van der Waals surface area contributed by atoms with Crippen LogP contribution < -0.4 is 10.5 Å². The molecule has 0 radical (unpaired) electrons. The number of hydrogen-bond acceptors (Lipinski definition) is 7. The molecule has 4 rings (SSSR count). The Bertz CT molecular complexity index is 1160. The molecule has 1 aromatic carbocycles. The maximum absolute atomic E-state index is 11.0. The third kappa shape index (κ3) is 4.19. The van der Waals surface area contributed by atoms with Crippen LogP contribution in [0.3, 0.4) is 0 Å². The van der Waals surface area contributed by atoms with Gasteiger partial charge in [0.25, 0.3) is 0 Å². The number of nitrogens with two attached hydrogens (primary N) is 1. The quantitative estimate of drug-likeness (QED) is 0.411. The molecule has 0 amide bonds. The lowest BCUT2D eigenvalue weighted by molar-refractivity contribution is -0.0317. The number of pyridine rings is 1. The Labute approximate surface area is 174 Å². The summed E-state index contributed by atoms with van der Waals surface area (Å²) < 4.78 is 7.62. The molecule has 0 saturated heterocycles. The highest BCUT2D eigenvalue weighted by Crippen LogP contribution is 2.27. The molecule has 3 heterocycles. The topological polar surface area (TPSA) is 119 Å². The van der Waals surface area contributed by atoms with Gasteiger partial charge in [0.2, 0.25) is 0 Å². The van der Waals surface area contributed by atoms with Crippen LogP contribution in [0.5, 0.6) is 5.75 Å². The number of fused-ring (bicyclic) bond motifs is 2. The first-order valence-corrected chi connectivity index (χ1v) is 9.86. The second kappa shape index (κ2) is 8.25. The molecule has 156 valence electrons. The van der Waals surface area contributed by atoms with Crippen LogP contribution in [0, 0.1) is 5.92 Å². The summed E-state index contributed by atoms with van der Waals surface area (Å²) in [6.45, 7) is 2.03. The third-order valence-electron chi connectivity index (χ3n) is 5.32.